The summed E-state index contributed by atoms with van der Waals surface area (Å²) in [5, 5.41) is 23.0. The molecule has 4 N–H and O–H groups in total. The molecule has 1 rings (SSSR count). The molecule has 0 aromatic carbocycles. The van der Waals surface area contributed by atoms with Crippen LogP contribution >= 0.6 is 0 Å². The highest BCUT2D eigenvalue weighted by atomic mass is 16.4. The molecule has 1 aliphatic heterocycles. The van der Waals surface area contributed by atoms with Gasteiger partial charge in [-0.15, -0.1) is 0 Å². The van der Waals surface area contributed by atoms with Crippen LogP contribution in [0.4, 0.5) is 4.79 Å². The molecule has 20 heavy (non-hydrogen) atoms. The lowest BCUT2D eigenvalue weighted by Gasteiger charge is -2.32. The lowest BCUT2D eigenvalue weighted by Crippen LogP contribution is -2.48. The molecular formula is C13H25N3O4. The van der Waals surface area contributed by atoms with E-state index in [1.165, 1.54) is 0 Å². The number of carbonyl (C=O) groups excluding carboxylic acids is 1. The van der Waals surface area contributed by atoms with Crippen molar-refractivity contribution in [2.45, 2.75) is 44.8 Å². The number of carbonyl (C=O) groups is 2. The van der Waals surface area contributed by atoms with Crippen LogP contribution in [-0.4, -0.2) is 65.4 Å². The van der Waals surface area contributed by atoms with Gasteiger partial charge in [0.2, 0.25) is 0 Å². The molecule has 0 saturated carbocycles. The maximum absolute atomic E-state index is 11.6. The predicted octanol–water partition coefficient (Wildman–Crippen LogP) is -0.00440. The van der Waals surface area contributed by atoms with E-state index in [0.717, 1.165) is 38.9 Å². The molecule has 0 spiro atoms. The van der Waals surface area contributed by atoms with Gasteiger partial charge >= 0.3 is 12.0 Å². The number of hydrogen-bond donors (Lipinski definition) is 4. The van der Waals surface area contributed by atoms with Crippen LogP contribution in [0.2, 0.25) is 0 Å². The van der Waals surface area contributed by atoms with E-state index in [4.69, 9.17) is 10.2 Å². The van der Waals surface area contributed by atoms with Crippen LogP contribution in [0.1, 0.15) is 32.6 Å². The average Bonchev–Trinajstić information content (AvgIpc) is 2.41. The first-order valence-electron chi connectivity index (χ1n) is 7.20. The van der Waals surface area contributed by atoms with Crippen molar-refractivity contribution in [3.8, 4) is 0 Å². The molecule has 0 bridgehead atoms. The van der Waals surface area contributed by atoms with Crippen molar-refractivity contribution in [1.29, 1.82) is 0 Å². The summed E-state index contributed by atoms with van der Waals surface area (Å²) in [6, 6.07) is -0.121. The maximum Gasteiger partial charge on any atom is 0.332 e. The van der Waals surface area contributed by atoms with Gasteiger partial charge in [-0.1, -0.05) is 6.92 Å². The number of urea groups is 1. The van der Waals surface area contributed by atoms with Gasteiger partial charge in [0.25, 0.3) is 0 Å². The Labute approximate surface area is 119 Å². The first-order valence-corrected chi connectivity index (χ1v) is 7.20. The quantitative estimate of drug-likeness (QED) is 0.528. The van der Waals surface area contributed by atoms with Crippen LogP contribution in [0, 0.1) is 0 Å². The second-order valence-electron chi connectivity index (χ2n) is 5.16. The van der Waals surface area contributed by atoms with E-state index >= 15 is 0 Å². The number of carboxylic acid groups (broad SMARTS) is 1. The molecule has 1 heterocycles. The summed E-state index contributed by atoms with van der Waals surface area (Å²) in [6.45, 7) is 5.40. The third kappa shape index (κ3) is 6.21. The third-order valence-electron chi connectivity index (χ3n) is 3.45. The van der Waals surface area contributed by atoms with E-state index in [0.29, 0.717) is 0 Å². The van der Waals surface area contributed by atoms with E-state index in [-0.39, 0.29) is 25.0 Å². The zero-order chi connectivity index (χ0) is 15.0. The topological polar surface area (TPSA) is 102 Å². The normalized spacial score (nSPS) is 18.5. The number of hydrogen-bond acceptors (Lipinski definition) is 4. The maximum atomic E-state index is 11.6. The van der Waals surface area contributed by atoms with E-state index in [1.807, 2.05) is 0 Å². The van der Waals surface area contributed by atoms with Crippen molar-refractivity contribution < 1.29 is 19.8 Å². The molecule has 0 radical (unpaired) electrons. The number of carboxylic acids is 1. The molecule has 0 aliphatic carbocycles. The molecule has 0 aromatic rings. The summed E-state index contributed by atoms with van der Waals surface area (Å²) in [4.78, 5) is 24.4. The minimum atomic E-state index is -1.42. The highest BCUT2D eigenvalue weighted by Gasteiger charge is 2.20. The Kier molecular flexibility index (Phi) is 7.32. The Morgan fingerprint density at radius 1 is 1.35 bits per heavy atom. The smallest absolute Gasteiger partial charge is 0.332 e. The Balaban J connectivity index is 2.12. The number of aliphatic hydroxyl groups is 1. The van der Waals surface area contributed by atoms with Gasteiger partial charge in [0.15, 0.2) is 6.10 Å². The van der Waals surface area contributed by atoms with Gasteiger partial charge in [-0.3, -0.25) is 0 Å². The molecule has 1 aliphatic rings. The molecular weight excluding hydrogens is 262 g/mol. The molecule has 7 heteroatoms. The van der Waals surface area contributed by atoms with Crippen molar-refractivity contribution in [3.05, 3.63) is 0 Å². The summed E-state index contributed by atoms with van der Waals surface area (Å²) in [6.07, 6.45) is 1.60. The molecule has 7 nitrogen and oxygen atoms in total. The summed E-state index contributed by atoms with van der Waals surface area (Å²) < 4.78 is 0. The molecule has 1 atom stereocenters. The lowest BCUT2D eigenvalue weighted by molar-refractivity contribution is -0.146. The fourth-order valence-corrected chi connectivity index (χ4v) is 2.30. The van der Waals surface area contributed by atoms with Gasteiger partial charge in [0, 0.05) is 32.1 Å². The van der Waals surface area contributed by atoms with Crippen LogP contribution in [0.5, 0.6) is 0 Å². The summed E-state index contributed by atoms with van der Waals surface area (Å²) in [7, 11) is 0. The minimum Gasteiger partial charge on any atom is -0.479 e. The second kappa shape index (κ2) is 8.76. The van der Waals surface area contributed by atoms with Crippen LogP contribution in [0.3, 0.4) is 0 Å². The van der Waals surface area contributed by atoms with Crippen molar-refractivity contribution >= 4 is 12.0 Å². The highest BCUT2D eigenvalue weighted by Crippen LogP contribution is 2.10. The number of likely N-dealkylation sites (tertiary alicyclic amines) is 1. The largest absolute Gasteiger partial charge is 0.479 e. The predicted molar refractivity (Wildman–Crippen MR) is 74.5 cm³/mol. The average molecular weight is 287 g/mol. The number of nitrogens with one attached hydrogen (secondary N) is 2. The van der Waals surface area contributed by atoms with Crippen LogP contribution in [0.25, 0.3) is 0 Å². The lowest BCUT2D eigenvalue weighted by atomic mass is 10.1. The number of rotatable bonds is 7. The van der Waals surface area contributed by atoms with Gasteiger partial charge in [-0.25, -0.2) is 9.59 Å². The molecule has 2 amide bonds. The molecule has 0 aromatic heterocycles. The Morgan fingerprint density at radius 3 is 2.55 bits per heavy atom. The second-order valence-corrected chi connectivity index (χ2v) is 5.16. The number of amides is 2. The van der Waals surface area contributed by atoms with Gasteiger partial charge in [0.1, 0.15) is 0 Å². The van der Waals surface area contributed by atoms with Gasteiger partial charge in [-0.05, 0) is 25.8 Å². The van der Waals surface area contributed by atoms with E-state index < -0.39 is 12.1 Å². The van der Waals surface area contributed by atoms with Gasteiger partial charge < -0.3 is 25.7 Å². The number of nitrogens with zero attached hydrogens (tertiary/aromatic N) is 1. The highest BCUT2D eigenvalue weighted by molar-refractivity contribution is 5.74. The number of aliphatic carboxylic acids is 1. The van der Waals surface area contributed by atoms with Gasteiger partial charge in [0.05, 0.1) is 0 Å². The molecule has 116 valence electrons. The van der Waals surface area contributed by atoms with Crippen LogP contribution in [0.15, 0.2) is 0 Å². The fourth-order valence-electron chi connectivity index (χ4n) is 2.30. The SMILES string of the molecule is CCCN1CCC(NC(=O)NCCC(O)C(=O)O)CC1. The standard InChI is InChI=1S/C13H25N3O4/c1-2-7-16-8-4-10(5-9-16)15-13(20)14-6-3-11(17)12(18)19/h10-11,17H,2-9H2,1H3,(H,18,19)(H2,14,15,20). The molecule has 1 fully saturated rings. The van der Waals surface area contributed by atoms with Crippen molar-refractivity contribution in [2.24, 2.45) is 0 Å². The number of piperidine rings is 1. The monoisotopic (exact) mass is 287 g/mol. The Bertz CT molecular complexity index is 317. The van der Waals surface area contributed by atoms with Crippen LogP contribution in [-0.2, 0) is 4.79 Å². The Morgan fingerprint density at radius 2 is 2.00 bits per heavy atom. The molecule has 1 saturated heterocycles. The van der Waals surface area contributed by atoms with Crippen molar-refractivity contribution in [3.63, 3.8) is 0 Å². The first kappa shape index (κ1) is 16.7. The van der Waals surface area contributed by atoms with E-state index in [1.54, 1.807) is 0 Å². The zero-order valence-corrected chi connectivity index (χ0v) is 12.0. The molecule has 1 unspecified atom stereocenters. The summed E-state index contributed by atoms with van der Waals surface area (Å²) in [5.74, 6) is -1.27. The zero-order valence-electron chi connectivity index (χ0n) is 12.0. The minimum absolute atomic E-state index is 0.0116. The first-order chi connectivity index (χ1) is 9.52. The Hall–Kier alpha value is -1.34. The number of aliphatic hydroxyl groups excluding tert-OH is 1. The van der Waals surface area contributed by atoms with E-state index in [2.05, 4.69) is 22.5 Å². The fraction of sp³-hybridized carbons (Fsp3) is 0.846. The summed E-state index contributed by atoms with van der Waals surface area (Å²) >= 11 is 0. The van der Waals surface area contributed by atoms with Crippen LogP contribution < -0.4 is 10.6 Å². The van der Waals surface area contributed by atoms with Crippen molar-refractivity contribution in [1.82, 2.24) is 15.5 Å². The van der Waals surface area contributed by atoms with E-state index in [9.17, 15) is 9.59 Å². The summed E-state index contributed by atoms with van der Waals surface area (Å²) in [5.41, 5.74) is 0. The van der Waals surface area contributed by atoms with Gasteiger partial charge in [-0.2, -0.15) is 0 Å². The third-order valence-corrected chi connectivity index (χ3v) is 3.45. The van der Waals surface area contributed by atoms with Crippen molar-refractivity contribution in [2.75, 3.05) is 26.2 Å².